The molecule has 2 atom stereocenters. The zero-order valence-corrected chi connectivity index (χ0v) is 19.0. The Labute approximate surface area is 181 Å². The van der Waals surface area contributed by atoms with E-state index >= 15 is 0 Å². The van der Waals surface area contributed by atoms with Gasteiger partial charge in [0.15, 0.2) is 0 Å². The Bertz CT molecular complexity index is 706. The Hall–Kier alpha value is -2.51. The molecular formula is C22H37N7O. The van der Waals surface area contributed by atoms with E-state index < -0.39 is 0 Å². The van der Waals surface area contributed by atoms with Gasteiger partial charge in [-0.15, -0.1) is 0 Å². The summed E-state index contributed by atoms with van der Waals surface area (Å²) >= 11 is 0. The number of nitrogens with one attached hydrogen (secondary N) is 1. The minimum absolute atomic E-state index is 0.0701. The van der Waals surface area contributed by atoms with Crippen molar-refractivity contribution in [1.29, 1.82) is 0 Å². The van der Waals surface area contributed by atoms with Gasteiger partial charge in [0.25, 0.3) is 0 Å². The maximum Gasteiger partial charge on any atom is 0.229 e. The Morgan fingerprint density at radius 3 is 2.33 bits per heavy atom. The van der Waals surface area contributed by atoms with Crippen LogP contribution in [0.1, 0.15) is 66.2 Å². The fourth-order valence-electron chi connectivity index (χ4n) is 4.87. The molecule has 1 aliphatic carbocycles. The van der Waals surface area contributed by atoms with E-state index in [-0.39, 0.29) is 12.3 Å². The molecule has 0 spiro atoms. The average Bonchev–Trinajstić information content (AvgIpc) is 3.48. The molecule has 0 aromatic rings. The van der Waals surface area contributed by atoms with Crippen LogP contribution in [-0.2, 0) is 4.79 Å². The third kappa shape index (κ3) is 4.32. The molecule has 1 amide bonds. The van der Waals surface area contributed by atoms with Crippen LogP contribution in [0.25, 0.3) is 0 Å². The van der Waals surface area contributed by atoms with E-state index in [1.54, 1.807) is 7.05 Å². The van der Waals surface area contributed by atoms with Crippen LogP contribution in [0, 0.1) is 0 Å². The minimum atomic E-state index is 0.0701. The van der Waals surface area contributed by atoms with Gasteiger partial charge in [-0.2, -0.15) is 4.99 Å². The summed E-state index contributed by atoms with van der Waals surface area (Å²) < 4.78 is 0. The van der Waals surface area contributed by atoms with Crippen LogP contribution in [-0.4, -0.2) is 69.4 Å². The highest BCUT2D eigenvalue weighted by molar-refractivity contribution is 5.99. The molecule has 0 aromatic heterocycles. The summed E-state index contributed by atoms with van der Waals surface area (Å²) in [7, 11) is 1.75. The van der Waals surface area contributed by atoms with E-state index in [0.29, 0.717) is 30.4 Å². The fourth-order valence-corrected chi connectivity index (χ4v) is 4.87. The highest BCUT2D eigenvalue weighted by Gasteiger charge is 2.33. The molecule has 2 unspecified atom stereocenters. The molecule has 8 heteroatoms. The lowest BCUT2D eigenvalue weighted by atomic mass is 10.1. The molecule has 1 fully saturated rings. The predicted molar refractivity (Wildman–Crippen MR) is 121 cm³/mol. The van der Waals surface area contributed by atoms with Gasteiger partial charge < -0.3 is 9.80 Å². The van der Waals surface area contributed by atoms with Crippen LogP contribution in [0.4, 0.5) is 0 Å². The second kappa shape index (κ2) is 10.00. The number of carbonyl (C=O) groups is 1. The largest absolute Gasteiger partial charge is 0.353 e. The number of guanidine groups is 2. The van der Waals surface area contributed by atoms with Crippen molar-refractivity contribution in [1.82, 2.24) is 24.9 Å². The lowest BCUT2D eigenvalue weighted by Crippen LogP contribution is -2.49. The van der Waals surface area contributed by atoms with Crippen LogP contribution in [0.5, 0.6) is 0 Å². The lowest BCUT2D eigenvalue weighted by Gasteiger charge is -2.35. The van der Waals surface area contributed by atoms with Gasteiger partial charge in [-0.3, -0.25) is 24.9 Å². The molecule has 3 aliphatic rings. The first-order valence-electron chi connectivity index (χ1n) is 11.3. The van der Waals surface area contributed by atoms with Crippen molar-refractivity contribution in [2.45, 2.75) is 90.6 Å². The summed E-state index contributed by atoms with van der Waals surface area (Å²) in [4.78, 5) is 29.4. The maximum atomic E-state index is 11.4. The number of hydrogen-bond acceptors (Lipinski definition) is 4. The zero-order chi connectivity index (χ0) is 21.7. The number of amides is 1. The van der Waals surface area contributed by atoms with Gasteiger partial charge in [-0.25, -0.2) is 0 Å². The number of aliphatic imine (C=N–C) groups is 2. The molecule has 2 heterocycles. The smallest absolute Gasteiger partial charge is 0.229 e. The first kappa shape index (κ1) is 22.2. The summed E-state index contributed by atoms with van der Waals surface area (Å²) in [6.07, 6.45) is 16.4. The van der Waals surface area contributed by atoms with Gasteiger partial charge in [-0.05, 0) is 39.5 Å². The third-order valence-electron chi connectivity index (χ3n) is 6.65. The second-order valence-electron chi connectivity index (χ2n) is 8.20. The molecule has 166 valence electrons. The number of carbonyl (C=O) groups excluding carboxylic acids is 1. The fraction of sp³-hybridized carbons (Fsp3) is 0.682. The van der Waals surface area contributed by atoms with Gasteiger partial charge in [0.05, 0.1) is 0 Å². The van der Waals surface area contributed by atoms with Gasteiger partial charge in [0.1, 0.15) is 12.3 Å². The molecule has 0 radical (unpaired) electrons. The van der Waals surface area contributed by atoms with Crippen molar-refractivity contribution < 1.29 is 4.79 Å². The lowest BCUT2D eigenvalue weighted by molar-refractivity contribution is -0.108. The van der Waals surface area contributed by atoms with Crippen molar-refractivity contribution in [2.24, 2.45) is 9.98 Å². The van der Waals surface area contributed by atoms with Gasteiger partial charge >= 0.3 is 0 Å². The van der Waals surface area contributed by atoms with E-state index in [2.05, 4.69) is 65.1 Å². The zero-order valence-electron chi connectivity index (χ0n) is 19.0. The molecule has 0 bridgehead atoms. The Morgan fingerprint density at radius 2 is 1.73 bits per heavy atom. The highest BCUT2D eigenvalue weighted by atomic mass is 16.1. The number of nitrogens with zero attached hydrogens (tertiary/aromatic N) is 6. The normalized spacial score (nSPS) is 25.4. The molecule has 1 N–H and O–H groups in total. The van der Waals surface area contributed by atoms with Crippen LogP contribution in [0.3, 0.4) is 0 Å². The van der Waals surface area contributed by atoms with Crippen molar-refractivity contribution >= 4 is 18.3 Å². The van der Waals surface area contributed by atoms with E-state index in [4.69, 9.17) is 4.99 Å². The summed E-state index contributed by atoms with van der Waals surface area (Å²) in [5.74, 6) is 1.08. The first-order valence-corrected chi connectivity index (χ1v) is 11.3. The van der Waals surface area contributed by atoms with E-state index in [9.17, 15) is 4.79 Å². The molecule has 0 saturated heterocycles. The molecule has 30 heavy (non-hydrogen) atoms. The number of rotatable bonds is 5. The predicted octanol–water partition coefficient (Wildman–Crippen LogP) is 3.08. The van der Waals surface area contributed by atoms with Crippen molar-refractivity contribution in [2.75, 3.05) is 7.05 Å². The number of hydrogen-bond donors (Lipinski definition) is 1. The quantitative estimate of drug-likeness (QED) is 0.425. The van der Waals surface area contributed by atoms with Gasteiger partial charge in [0.2, 0.25) is 18.3 Å². The highest BCUT2D eigenvalue weighted by Crippen LogP contribution is 2.29. The van der Waals surface area contributed by atoms with Gasteiger partial charge in [-0.1, -0.05) is 26.7 Å². The van der Waals surface area contributed by atoms with Crippen LogP contribution in [0.2, 0.25) is 0 Å². The molecular weight excluding hydrogens is 378 g/mol. The van der Waals surface area contributed by atoms with E-state index in [1.807, 2.05) is 17.3 Å². The SMILES string of the molecule is CCC(CC)N1C=CN(/C(=N/C(=NC)N2C=CN(C3CCCC3)C2C)NC=O)C1C. The third-order valence-corrected chi connectivity index (χ3v) is 6.65. The monoisotopic (exact) mass is 415 g/mol. The second-order valence-corrected chi connectivity index (χ2v) is 8.20. The molecule has 1 saturated carbocycles. The van der Waals surface area contributed by atoms with Crippen LogP contribution < -0.4 is 5.32 Å². The average molecular weight is 416 g/mol. The standard InChI is InChI=1S/C22H37N7O/c1-6-19(7-2)26-12-15-29(17(26)3)22(24-16-30)25-21(23-5)28-14-13-27(18(28)4)20-10-8-9-11-20/h12-20H,6-11H2,1-5H3,(H,23,24,25,30). The molecule has 3 rings (SSSR count). The van der Waals surface area contributed by atoms with E-state index in [0.717, 1.165) is 12.8 Å². The molecule has 0 aromatic carbocycles. The maximum absolute atomic E-state index is 11.4. The van der Waals surface area contributed by atoms with Crippen LogP contribution >= 0.6 is 0 Å². The molecule has 8 nitrogen and oxygen atoms in total. The Morgan fingerprint density at radius 1 is 1.07 bits per heavy atom. The van der Waals surface area contributed by atoms with Crippen molar-refractivity contribution in [3.8, 4) is 0 Å². The summed E-state index contributed by atoms with van der Waals surface area (Å²) in [5, 5.41) is 2.79. The molecule has 2 aliphatic heterocycles. The summed E-state index contributed by atoms with van der Waals surface area (Å²) in [5.41, 5.74) is 0. The van der Waals surface area contributed by atoms with E-state index in [1.165, 1.54) is 25.7 Å². The van der Waals surface area contributed by atoms with Crippen molar-refractivity contribution in [3.63, 3.8) is 0 Å². The minimum Gasteiger partial charge on any atom is -0.353 e. The van der Waals surface area contributed by atoms with Crippen molar-refractivity contribution in [3.05, 3.63) is 24.8 Å². The van der Waals surface area contributed by atoms with Gasteiger partial charge in [0, 0.05) is 43.9 Å². The van der Waals surface area contributed by atoms with Crippen LogP contribution in [0.15, 0.2) is 34.8 Å². The summed E-state index contributed by atoms with van der Waals surface area (Å²) in [6, 6.07) is 1.05. The topological polar surface area (TPSA) is 66.8 Å². The first-order chi connectivity index (χ1) is 14.5. The summed E-state index contributed by atoms with van der Waals surface area (Å²) in [6.45, 7) is 8.71. The Kier molecular flexibility index (Phi) is 7.39. The Balaban J connectivity index is 1.78.